The number of hydrogen-bond donors (Lipinski definition) is 8. The van der Waals surface area contributed by atoms with Gasteiger partial charge in [-0.05, 0) is 24.3 Å². The summed E-state index contributed by atoms with van der Waals surface area (Å²) in [4.78, 5) is 0. The van der Waals surface area contributed by atoms with E-state index in [9.17, 15) is 35.7 Å². The Morgan fingerprint density at radius 1 is 0.733 bits per heavy atom. The van der Waals surface area contributed by atoms with Gasteiger partial charge in [0.15, 0.2) is 12.4 Å². The minimum Gasteiger partial charge on any atom is -0.462 e. The Labute approximate surface area is 171 Å². The predicted octanol–water partition coefficient (Wildman–Crippen LogP) is -3.73. The summed E-state index contributed by atoms with van der Waals surface area (Å²) in [5.74, 6) is 0.275. The summed E-state index contributed by atoms with van der Waals surface area (Å²) in [6.45, 7) is -1.29. The Bertz CT molecular complexity index is 675. The summed E-state index contributed by atoms with van der Waals surface area (Å²) < 4.78 is 22.0. The standard InChI is InChI=1S/C18H27NO11/c19-7-1-3-8(4-2-7)27-18-16(14(25)12(23)10(6-21)29-18)30-17-15(26)13(24)11(22)9(5-20)28-17/h1-4,9-18,20-26H,5-6,19H2/t9-,10-,11-,12-,13+,14+,15-,16-,17+,18-/m1/s1. The van der Waals surface area contributed by atoms with Crippen LogP contribution in [0.1, 0.15) is 0 Å². The lowest BCUT2D eigenvalue weighted by atomic mass is 9.97. The molecular formula is C18H27NO11. The molecule has 0 bridgehead atoms. The molecule has 3 rings (SSSR count). The number of benzene rings is 1. The van der Waals surface area contributed by atoms with E-state index in [-0.39, 0.29) is 5.75 Å². The number of ether oxygens (including phenoxy) is 4. The largest absolute Gasteiger partial charge is 0.462 e. The van der Waals surface area contributed by atoms with E-state index in [0.717, 1.165) is 0 Å². The lowest BCUT2D eigenvalue weighted by Crippen LogP contribution is -2.65. The quantitative estimate of drug-likeness (QED) is 0.204. The molecule has 0 radical (unpaired) electrons. The maximum atomic E-state index is 10.5. The van der Waals surface area contributed by atoms with E-state index in [4.69, 9.17) is 24.7 Å². The van der Waals surface area contributed by atoms with Gasteiger partial charge in [-0.1, -0.05) is 0 Å². The third-order valence-corrected chi connectivity index (χ3v) is 5.10. The normalized spacial score (nSPS) is 42.1. The highest BCUT2D eigenvalue weighted by molar-refractivity contribution is 5.41. The fourth-order valence-corrected chi connectivity index (χ4v) is 3.31. The van der Waals surface area contributed by atoms with Crippen molar-refractivity contribution in [2.75, 3.05) is 18.9 Å². The van der Waals surface area contributed by atoms with Crippen molar-refractivity contribution in [1.29, 1.82) is 0 Å². The molecule has 30 heavy (non-hydrogen) atoms. The van der Waals surface area contributed by atoms with Crippen LogP contribution in [0, 0.1) is 0 Å². The fourth-order valence-electron chi connectivity index (χ4n) is 3.31. The first-order valence-electron chi connectivity index (χ1n) is 9.37. The molecule has 2 saturated heterocycles. The number of nitrogen functional groups attached to an aromatic ring is 1. The minimum absolute atomic E-state index is 0.275. The van der Waals surface area contributed by atoms with E-state index >= 15 is 0 Å². The molecule has 12 heteroatoms. The van der Waals surface area contributed by atoms with Gasteiger partial charge in [0.1, 0.15) is 48.5 Å². The van der Waals surface area contributed by atoms with Gasteiger partial charge in [0.05, 0.1) is 13.2 Å². The van der Waals surface area contributed by atoms with Crippen molar-refractivity contribution in [2.24, 2.45) is 0 Å². The minimum atomic E-state index is -1.74. The van der Waals surface area contributed by atoms with Crippen molar-refractivity contribution < 1.29 is 54.7 Å². The number of hydrogen-bond acceptors (Lipinski definition) is 12. The van der Waals surface area contributed by atoms with Crippen LogP contribution in [-0.2, 0) is 14.2 Å². The molecule has 2 aliphatic rings. The molecule has 2 aliphatic heterocycles. The van der Waals surface area contributed by atoms with E-state index in [1.54, 1.807) is 12.1 Å². The van der Waals surface area contributed by atoms with E-state index in [1.165, 1.54) is 12.1 Å². The Hall–Kier alpha value is -1.58. The molecule has 170 valence electrons. The zero-order valence-corrected chi connectivity index (χ0v) is 15.8. The Balaban J connectivity index is 1.81. The molecule has 9 N–H and O–H groups in total. The number of nitrogens with two attached hydrogens (primary N) is 1. The summed E-state index contributed by atoms with van der Waals surface area (Å²) >= 11 is 0. The smallest absolute Gasteiger partial charge is 0.229 e. The Morgan fingerprint density at radius 2 is 1.27 bits per heavy atom. The second-order valence-electron chi connectivity index (χ2n) is 7.19. The van der Waals surface area contributed by atoms with Gasteiger partial charge in [-0.2, -0.15) is 0 Å². The van der Waals surface area contributed by atoms with Crippen molar-refractivity contribution in [3.63, 3.8) is 0 Å². The highest BCUT2D eigenvalue weighted by Gasteiger charge is 2.51. The van der Waals surface area contributed by atoms with Crippen LogP contribution >= 0.6 is 0 Å². The highest BCUT2D eigenvalue weighted by atomic mass is 16.8. The predicted molar refractivity (Wildman–Crippen MR) is 97.9 cm³/mol. The van der Waals surface area contributed by atoms with Crippen LogP contribution in [0.4, 0.5) is 5.69 Å². The van der Waals surface area contributed by atoms with Crippen LogP contribution in [0.3, 0.4) is 0 Å². The molecule has 0 aliphatic carbocycles. The molecule has 1 aromatic rings. The molecule has 2 heterocycles. The lowest BCUT2D eigenvalue weighted by molar-refractivity contribution is -0.357. The molecule has 0 aromatic heterocycles. The third kappa shape index (κ3) is 4.68. The van der Waals surface area contributed by atoms with Crippen LogP contribution in [0.25, 0.3) is 0 Å². The van der Waals surface area contributed by atoms with Crippen LogP contribution in [-0.4, -0.2) is 110 Å². The number of anilines is 1. The summed E-state index contributed by atoms with van der Waals surface area (Å²) in [7, 11) is 0. The molecule has 1 aromatic carbocycles. The first-order valence-corrected chi connectivity index (χ1v) is 9.37. The van der Waals surface area contributed by atoms with Crippen molar-refractivity contribution in [3.05, 3.63) is 24.3 Å². The average molecular weight is 433 g/mol. The summed E-state index contributed by atoms with van der Waals surface area (Å²) in [6, 6.07) is 6.16. The van der Waals surface area contributed by atoms with Crippen LogP contribution in [0.5, 0.6) is 5.75 Å². The molecule has 0 amide bonds. The van der Waals surface area contributed by atoms with E-state index in [0.29, 0.717) is 5.69 Å². The summed E-state index contributed by atoms with van der Waals surface area (Å²) in [6.07, 6.45) is -15.1. The summed E-state index contributed by atoms with van der Waals surface area (Å²) in [5, 5.41) is 69.5. The Morgan fingerprint density at radius 3 is 1.83 bits per heavy atom. The monoisotopic (exact) mass is 433 g/mol. The van der Waals surface area contributed by atoms with Gasteiger partial charge in [0.2, 0.25) is 6.29 Å². The first kappa shape index (κ1) is 23.1. The zero-order valence-electron chi connectivity index (χ0n) is 15.8. The number of aliphatic hydroxyl groups is 7. The number of rotatable bonds is 6. The number of aliphatic hydroxyl groups excluding tert-OH is 7. The van der Waals surface area contributed by atoms with Crippen molar-refractivity contribution >= 4 is 5.69 Å². The van der Waals surface area contributed by atoms with E-state index < -0.39 is 74.6 Å². The lowest BCUT2D eigenvalue weighted by Gasteiger charge is -2.45. The highest BCUT2D eigenvalue weighted by Crippen LogP contribution is 2.30. The van der Waals surface area contributed by atoms with Gasteiger partial charge in [0.25, 0.3) is 0 Å². The van der Waals surface area contributed by atoms with Crippen molar-refractivity contribution in [2.45, 2.75) is 61.4 Å². The van der Waals surface area contributed by atoms with Crippen molar-refractivity contribution in [3.8, 4) is 5.75 Å². The van der Waals surface area contributed by atoms with Gasteiger partial charge in [-0.15, -0.1) is 0 Å². The Kier molecular flexibility index (Phi) is 7.47. The zero-order chi connectivity index (χ0) is 22.0. The fraction of sp³-hybridized carbons (Fsp3) is 0.667. The topological polar surface area (TPSA) is 205 Å². The molecular weight excluding hydrogens is 406 g/mol. The molecule has 2 fully saturated rings. The summed E-state index contributed by atoms with van der Waals surface area (Å²) in [5.41, 5.74) is 6.11. The van der Waals surface area contributed by atoms with Gasteiger partial charge in [-0.25, -0.2) is 0 Å². The SMILES string of the molecule is Nc1ccc(O[C@@H]2O[C@H](CO)[C@@H](O)[C@H](O)[C@H]2O[C@@H]2O[C@H](CO)[C@@H](O)[C@H](O)[C@H]2O)cc1. The molecule has 0 unspecified atom stereocenters. The third-order valence-electron chi connectivity index (χ3n) is 5.10. The first-order chi connectivity index (χ1) is 14.3. The molecule has 0 saturated carbocycles. The van der Waals surface area contributed by atoms with Gasteiger partial charge < -0.3 is 60.4 Å². The molecule has 0 spiro atoms. The maximum absolute atomic E-state index is 10.5. The van der Waals surface area contributed by atoms with Crippen LogP contribution < -0.4 is 10.5 Å². The van der Waals surface area contributed by atoms with Crippen molar-refractivity contribution in [1.82, 2.24) is 0 Å². The van der Waals surface area contributed by atoms with Crippen LogP contribution in [0.2, 0.25) is 0 Å². The van der Waals surface area contributed by atoms with E-state index in [1.807, 2.05) is 0 Å². The average Bonchev–Trinajstić information content (AvgIpc) is 2.74. The maximum Gasteiger partial charge on any atom is 0.229 e. The second kappa shape index (κ2) is 9.70. The van der Waals surface area contributed by atoms with Crippen LogP contribution in [0.15, 0.2) is 24.3 Å². The van der Waals surface area contributed by atoms with E-state index in [2.05, 4.69) is 0 Å². The van der Waals surface area contributed by atoms with Gasteiger partial charge in [-0.3, -0.25) is 0 Å². The molecule has 10 atom stereocenters. The molecule has 12 nitrogen and oxygen atoms in total. The van der Waals surface area contributed by atoms with Gasteiger partial charge >= 0.3 is 0 Å². The second-order valence-corrected chi connectivity index (χ2v) is 7.19. The van der Waals surface area contributed by atoms with Gasteiger partial charge in [0, 0.05) is 5.69 Å².